The number of carbonyl (C=O) groups excluding carboxylic acids is 2. The molecule has 1 unspecified atom stereocenters. The van der Waals surface area contributed by atoms with E-state index < -0.39 is 18.2 Å². The zero-order chi connectivity index (χ0) is 35.0. The molecule has 1 aliphatic rings. The second-order valence-corrected chi connectivity index (χ2v) is 12.5. The Balaban J connectivity index is 1.10. The highest BCUT2D eigenvalue weighted by atomic mass is 35.5. The van der Waals surface area contributed by atoms with Crippen LogP contribution in [0.15, 0.2) is 140 Å². The van der Waals surface area contributed by atoms with E-state index in [-0.39, 0.29) is 30.5 Å². The van der Waals surface area contributed by atoms with Crippen molar-refractivity contribution in [2.75, 3.05) is 11.9 Å². The molecule has 7 rings (SSSR count). The van der Waals surface area contributed by atoms with Crippen LogP contribution in [0.2, 0.25) is 5.28 Å². The van der Waals surface area contributed by atoms with E-state index in [0.717, 1.165) is 27.2 Å². The molecule has 2 heterocycles. The molecule has 51 heavy (non-hydrogen) atoms. The number of amides is 2. The van der Waals surface area contributed by atoms with E-state index in [4.69, 9.17) is 21.1 Å². The number of ether oxygens (including phenoxy) is 2. The third kappa shape index (κ3) is 7.92. The Morgan fingerprint density at radius 2 is 1.29 bits per heavy atom. The van der Waals surface area contributed by atoms with Crippen LogP contribution in [0, 0.1) is 0 Å². The number of nitrogens with one attached hydrogen (secondary N) is 1. The first-order valence-electron chi connectivity index (χ1n) is 16.7. The Bertz CT molecular complexity index is 2020. The molecule has 11 heteroatoms. The summed E-state index contributed by atoms with van der Waals surface area (Å²) >= 11 is 6.49. The molecular formula is C40H35ClN6O4. The fraction of sp³-hybridized carbons (Fsp3) is 0.175. The van der Waals surface area contributed by atoms with Gasteiger partial charge in [0.05, 0.1) is 18.4 Å². The number of benzene rings is 4. The first kappa shape index (κ1) is 33.5. The monoisotopic (exact) mass is 698 g/mol. The van der Waals surface area contributed by atoms with Gasteiger partial charge in [0.2, 0.25) is 5.28 Å². The van der Waals surface area contributed by atoms with Gasteiger partial charge in [-0.25, -0.2) is 19.5 Å². The van der Waals surface area contributed by atoms with Crippen molar-refractivity contribution in [1.29, 1.82) is 0 Å². The minimum absolute atomic E-state index is 0.00869. The summed E-state index contributed by atoms with van der Waals surface area (Å²) in [5, 5.41) is 3.55. The lowest BCUT2D eigenvalue weighted by Crippen LogP contribution is -2.44. The number of carbonyl (C=O) groups is 2. The Kier molecular flexibility index (Phi) is 10.3. The van der Waals surface area contributed by atoms with E-state index in [1.165, 1.54) is 0 Å². The minimum atomic E-state index is -0.800. The quantitative estimate of drug-likeness (QED) is 0.106. The van der Waals surface area contributed by atoms with E-state index in [9.17, 15) is 9.59 Å². The third-order valence-corrected chi connectivity index (χ3v) is 8.97. The van der Waals surface area contributed by atoms with Gasteiger partial charge in [-0.3, -0.25) is 0 Å². The van der Waals surface area contributed by atoms with Gasteiger partial charge in [-0.1, -0.05) is 133 Å². The van der Waals surface area contributed by atoms with Crippen molar-refractivity contribution in [2.45, 2.75) is 37.6 Å². The van der Waals surface area contributed by atoms with Gasteiger partial charge in [-0.15, -0.1) is 0 Å². The SMILES string of the molecule is O=C(OCc1ccccc1)N(C(=O)OCc1ccccc1)C1C=C[C@H](n2cnc3c(NCC(c4ccccc4)c4ccccc4)nc(Cl)nc32)C1. The van der Waals surface area contributed by atoms with Crippen LogP contribution < -0.4 is 5.32 Å². The third-order valence-electron chi connectivity index (χ3n) is 8.80. The van der Waals surface area contributed by atoms with Crippen LogP contribution in [0.4, 0.5) is 15.4 Å². The fourth-order valence-corrected chi connectivity index (χ4v) is 6.40. The molecular weight excluding hydrogens is 664 g/mol. The molecule has 0 saturated heterocycles. The van der Waals surface area contributed by atoms with E-state index in [0.29, 0.717) is 29.9 Å². The molecule has 10 nitrogen and oxygen atoms in total. The standard InChI is InChI=1S/C40H35ClN6O4/c41-38-44-36(42-24-34(30-17-9-3-10-18-30)31-19-11-4-12-20-31)35-37(45-38)46(27-43-35)32-21-22-33(23-32)47(39(48)50-25-28-13-5-1-6-14-28)40(49)51-26-29-15-7-2-8-16-29/h1-22,27,32-34H,23-26H2,(H,42,44,45)/t32-,33?/m0/s1. The summed E-state index contributed by atoms with van der Waals surface area (Å²) in [6.07, 6.45) is 4.14. The predicted molar refractivity (Wildman–Crippen MR) is 195 cm³/mol. The van der Waals surface area contributed by atoms with Crippen LogP contribution >= 0.6 is 11.6 Å². The first-order valence-corrected chi connectivity index (χ1v) is 17.0. The fourth-order valence-electron chi connectivity index (χ4n) is 6.24. The number of rotatable bonds is 11. The van der Waals surface area contributed by atoms with Gasteiger partial charge in [-0.2, -0.15) is 9.97 Å². The van der Waals surface area contributed by atoms with Gasteiger partial charge < -0.3 is 19.4 Å². The molecule has 0 aliphatic heterocycles. The number of anilines is 1. The molecule has 0 fully saturated rings. The molecule has 4 aromatic carbocycles. The maximum Gasteiger partial charge on any atom is 0.420 e. The number of halogens is 1. The topological polar surface area (TPSA) is 111 Å². The number of fused-ring (bicyclic) bond motifs is 1. The zero-order valence-electron chi connectivity index (χ0n) is 27.6. The van der Waals surface area contributed by atoms with Crippen LogP contribution in [-0.4, -0.2) is 49.2 Å². The molecule has 2 atom stereocenters. The number of aromatic nitrogens is 4. The van der Waals surface area contributed by atoms with Gasteiger partial charge >= 0.3 is 12.2 Å². The average Bonchev–Trinajstić information content (AvgIpc) is 3.82. The number of hydrogen-bond acceptors (Lipinski definition) is 8. The molecule has 6 aromatic rings. The Morgan fingerprint density at radius 3 is 1.84 bits per heavy atom. The second-order valence-electron chi connectivity index (χ2n) is 12.1. The Morgan fingerprint density at radius 1 is 0.765 bits per heavy atom. The minimum Gasteiger partial charge on any atom is -0.444 e. The summed E-state index contributed by atoms with van der Waals surface area (Å²) in [7, 11) is 0. The molecule has 1 N–H and O–H groups in total. The van der Waals surface area contributed by atoms with Crippen molar-refractivity contribution in [1.82, 2.24) is 24.4 Å². The van der Waals surface area contributed by atoms with E-state index in [1.807, 2.05) is 108 Å². The summed E-state index contributed by atoms with van der Waals surface area (Å²) in [6, 6.07) is 38.2. The van der Waals surface area contributed by atoms with Crippen molar-refractivity contribution in [3.63, 3.8) is 0 Å². The van der Waals surface area contributed by atoms with Crippen molar-refractivity contribution in [2.24, 2.45) is 0 Å². The highest BCUT2D eigenvalue weighted by molar-refractivity contribution is 6.28. The van der Waals surface area contributed by atoms with Crippen molar-refractivity contribution < 1.29 is 19.1 Å². The molecule has 256 valence electrons. The van der Waals surface area contributed by atoms with Crippen molar-refractivity contribution in [3.8, 4) is 0 Å². The smallest absolute Gasteiger partial charge is 0.420 e. The highest BCUT2D eigenvalue weighted by Gasteiger charge is 2.36. The van der Waals surface area contributed by atoms with Gasteiger partial charge in [0.15, 0.2) is 17.0 Å². The van der Waals surface area contributed by atoms with Crippen LogP contribution in [0.1, 0.15) is 40.6 Å². The number of imide groups is 1. The molecule has 2 aromatic heterocycles. The number of imidazole rings is 1. The van der Waals surface area contributed by atoms with E-state index in [2.05, 4.69) is 44.5 Å². The number of allylic oxidation sites excluding steroid dienone is 1. The molecule has 0 spiro atoms. The summed E-state index contributed by atoms with van der Waals surface area (Å²) in [5.41, 5.74) is 5.00. The molecule has 1 aliphatic carbocycles. The largest absolute Gasteiger partial charge is 0.444 e. The van der Waals surface area contributed by atoms with E-state index >= 15 is 0 Å². The van der Waals surface area contributed by atoms with Crippen LogP contribution in [0.3, 0.4) is 0 Å². The van der Waals surface area contributed by atoms with E-state index in [1.54, 1.807) is 12.4 Å². The zero-order valence-corrected chi connectivity index (χ0v) is 28.3. The van der Waals surface area contributed by atoms with Gasteiger partial charge in [0.25, 0.3) is 0 Å². The van der Waals surface area contributed by atoms with Gasteiger partial charge in [0, 0.05) is 12.5 Å². The molecule has 2 amide bonds. The lowest BCUT2D eigenvalue weighted by atomic mass is 9.91. The van der Waals surface area contributed by atoms with Crippen molar-refractivity contribution in [3.05, 3.63) is 167 Å². The number of nitrogens with zero attached hydrogens (tertiary/aromatic N) is 5. The predicted octanol–water partition coefficient (Wildman–Crippen LogP) is 8.57. The van der Waals surface area contributed by atoms with Crippen LogP contribution in [0.5, 0.6) is 0 Å². The first-order chi connectivity index (χ1) is 25.0. The highest BCUT2D eigenvalue weighted by Crippen LogP contribution is 2.33. The molecule has 0 bridgehead atoms. The summed E-state index contributed by atoms with van der Waals surface area (Å²) in [4.78, 5) is 41.7. The van der Waals surface area contributed by atoms with Gasteiger partial charge in [-0.05, 0) is 40.3 Å². The Labute approximate surface area is 300 Å². The lowest BCUT2D eigenvalue weighted by molar-refractivity contribution is 0.0612. The summed E-state index contributed by atoms with van der Waals surface area (Å²) in [6.45, 7) is 0.559. The second kappa shape index (κ2) is 15.7. The molecule has 0 saturated carbocycles. The Hall–Kier alpha value is -6.00. The normalized spacial score (nSPS) is 15.2. The summed E-state index contributed by atoms with van der Waals surface area (Å²) in [5.74, 6) is 0.556. The summed E-state index contributed by atoms with van der Waals surface area (Å²) < 4.78 is 13.1. The number of hydrogen-bond donors (Lipinski definition) is 1. The molecule has 0 radical (unpaired) electrons. The average molecular weight is 699 g/mol. The van der Waals surface area contributed by atoms with Crippen LogP contribution in [0.25, 0.3) is 11.2 Å². The maximum atomic E-state index is 13.5. The van der Waals surface area contributed by atoms with Gasteiger partial charge in [0.1, 0.15) is 13.2 Å². The van der Waals surface area contributed by atoms with Crippen molar-refractivity contribution >= 4 is 40.8 Å². The lowest BCUT2D eigenvalue weighted by Gasteiger charge is -2.26. The van der Waals surface area contributed by atoms with Crippen LogP contribution in [-0.2, 0) is 22.7 Å². The maximum absolute atomic E-state index is 13.5.